The van der Waals surface area contributed by atoms with Gasteiger partial charge in [-0.05, 0) is 0 Å². The molecule has 0 atom stereocenters. The Labute approximate surface area is 47.2 Å². The molecule has 0 heterocycles. The molecule has 0 aromatic rings. The van der Waals surface area contributed by atoms with Crippen LogP contribution in [0.5, 0.6) is 0 Å². The number of hydrogen-bond acceptors (Lipinski definition) is 3. The lowest BCUT2D eigenvalue weighted by molar-refractivity contribution is -0.118. The molecule has 0 spiro atoms. The Morgan fingerprint density at radius 1 is 1.62 bits per heavy atom. The van der Waals surface area contributed by atoms with Crippen molar-refractivity contribution in [3.05, 3.63) is 12.4 Å². The first kappa shape index (κ1) is 6.97. The van der Waals surface area contributed by atoms with Gasteiger partial charge in [0.2, 0.25) is 5.91 Å². The van der Waals surface area contributed by atoms with Crippen LogP contribution in [0.3, 0.4) is 0 Å². The highest BCUT2D eigenvalue weighted by atomic mass is 16.5. The topological polar surface area (TPSA) is 61.4 Å². The summed E-state index contributed by atoms with van der Waals surface area (Å²) in [6, 6.07) is 0. The van der Waals surface area contributed by atoms with Crippen molar-refractivity contribution < 1.29 is 10.0 Å². The maximum absolute atomic E-state index is 10.0. The van der Waals surface area contributed by atoms with E-state index in [0.717, 1.165) is 0 Å². The summed E-state index contributed by atoms with van der Waals surface area (Å²) < 4.78 is 0. The molecular formula is C4H8N2O2. The average molecular weight is 116 g/mol. The number of hydroxylamine groups is 1. The van der Waals surface area contributed by atoms with E-state index in [2.05, 4.69) is 5.32 Å². The van der Waals surface area contributed by atoms with Crippen LogP contribution in [-0.4, -0.2) is 11.1 Å². The van der Waals surface area contributed by atoms with E-state index in [0.29, 0.717) is 0 Å². The van der Waals surface area contributed by atoms with Crippen LogP contribution < -0.4 is 10.8 Å². The molecule has 0 aliphatic carbocycles. The molecule has 0 aliphatic rings. The largest absolute Gasteiger partial charge is 0.331 e. The summed E-state index contributed by atoms with van der Waals surface area (Å²) in [5.74, 6) is -0.170. The van der Waals surface area contributed by atoms with E-state index in [1.54, 1.807) is 5.48 Å². The lowest BCUT2D eigenvalue weighted by atomic mass is 10.7. The van der Waals surface area contributed by atoms with Crippen LogP contribution >= 0.6 is 0 Å². The van der Waals surface area contributed by atoms with E-state index < -0.39 is 0 Å². The molecule has 0 fully saturated rings. The monoisotopic (exact) mass is 116 g/mol. The van der Waals surface area contributed by atoms with Crippen LogP contribution in [0.1, 0.15) is 6.92 Å². The van der Waals surface area contributed by atoms with Crippen molar-refractivity contribution in [3.8, 4) is 0 Å². The minimum atomic E-state index is -0.170. The summed E-state index contributed by atoms with van der Waals surface area (Å²) in [6.45, 7) is 1.38. The van der Waals surface area contributed by atoms with E-state index in [1.807, 2.05) is 0 Å². The first-order chi connectivity index (χ1) is 3.77. The predicted octanol–water partition coefficient (Wildman–Crippen LogP) is -0.427. The third-order valence-corrected chi connectivity index (χ3v) is 0.444. The zero-order chi connectivity index (χ0) is 6.41. The number of hydrogen-bond donors (Lipinski definition) is 3. The van der Waals surface area contributed by atoms with E-state index in [4.69, 9.17) is 5.21 Å². The molecule has 0 saturated carbocycles. The van der Waals surface area contributed by atoms with Gasteiger partial charge in [0.15, 0.2) is 0 Å². The Bertz CT molecular complexity index is 100. The number of rotatable bonds is 2. The molecule has 3 N–H and O–H groups in total. The van der Waals surface area contributed by atoms with Crippen LogP contribution in [0.25, 0.3) is 0 Å². The van der Waals surface area contributed by atoms with Gasteiger partial charge in [-0.1, -0.05) is 0 Å². The van der Waals surface area contributed by atoms with Gasteiger partial charge in [-0.3, -0.25) is 15.5 Å². The van der Waals surface area contributed by atoms with E-state index >= 15 is 0 Å². The highest BCUT2D eigenvalue weighted by Crippen LogP contribution is 1.59. The molecule has 0 aromatic heterocycles. The van der Waals surface area contributed by atoms with Gasteiger partial charge in [0.05, 0.1) is 0 Å². The molecule has 0 aliphatic heterocycles. The second kappa shape index (κ2) is 4.14. The predicted molar refractivity (Wildman–Crippen MR) is 27.9 cm³/mol. The molecule has 0 bridgehead atoms. The van der Waals surface area contributed by atoms with Crippen molar-refractivity contribution in [1.29, 1.82) is 0 Å². The fourth-order valence-electron chi connectivity index (χ4n) is 0.196. The SMILES string of the molecule is CC(=O)N/C=C\NO. The van der Waals surface area contributed by atoms with Crippen LogP contribution in [0.15, 0.2) is 12.4 Å². The van der Waals surface area contributed by atoms with E-state index in [1.165, 1.54) is 19.3 Å². The molecule has 4 nitrogen and oxygen atoms in total. The van der Waals surface area contributed by atoms with Crippen molar-refractivity contribution >= 4 is 5.91 Å². The first-order valence-corrected chi connectivity index (χ1v) is 2.09. The smallest absolute Gasteiger partial charge is 0.220 e. The highest BCUT2D eigenvalue weighted by molar-refractivity contribution is 5.73. The number of carbonyl (C=O) groups is 1. The van der Waals surface area contributed by atoms with Crippen molar-refractivity contribution in [3.63, 3.8) is 0 Å². The lowest BCUT2D eigenvalue weighted by Crippen LogP contribution is -2.12. The Balaban J connectivity index is 3.16. The van der Waals surface area contributed by atoms with Crippen molar-refractivity contribution in [1.82, 2.24) is 10.8 Å². The third-order valence-electron chi connectivity index (χ3n) is 0.444. The van der Waals surface area contributed by atoms with Crippen molar-refractivity contribution in [2.24, 2.45) is 0 Å². The lowest BCUT2D eigenvalue weighted by Gasteiger charge is -1.88. The van der Waals surface area contributed by atoms with Gasteiger partial charge in [-0.25, -0.2) is 0 Å². The number of carbonyl (C=O) groups excluding carboxylic acids is 1. The van der Waals surface area contributed by atoms with Gasteiger partial charge in [0, 0.05) is 19.3 Å². The molecule has 1 amide bonds. The van der Waals surface area contributed by atoms with Crippen LogP contribution in [0.2, 0.25) is 0 Å². The fourth-order valence-corrected chi connectivity index (χ4v) is 0.196. The summed E-state index contributed by atoms with van der Waals surface area (Å²) in [4.78, 5) is 10.0. The minimum absolute atomic E-state index is 0.170. The summed E-state index contributed by atoms with van der Waals surface area (Å²) in [6.07, 6.45) is 2.49. The second-order valence-electron chi connectivity index (χ2n) is 1.16. The summed E-state index contributed by atoms with van der Waals surface area (Å²) >= 11 is 0. The van der Waals surface area contributed by atoms with Gasteiger partial charge in [-0.2, -0.15) is 0 Å². The summed E-state index contributed by atoms with van der Waals surface area (Å²) in [7, 11) is 0. The first-order valence-electron chi connectivity index (χ1n) is 2.09. The molecule has 4 heteroatoms. The Kier molecular flexibility index (Phi) is 3.60. The van der Waals surface area contributed by atoms with Crippen LogP contribution in [-0.2, 0) is 4.79 Å². The van der Waals surface area contributed by atoms with Gasteiger partial charge in [0.25, 0.3) is 0 Å². The molecule has 0 saturated heterocycles. The quantitative estimate of drug-likeness (QED) is 0.429. The van der Waals surface area contributed by atoms with Gasteiger partial charge in [0.1, 0.15) is 0 Å². The maximum Gasteiger partial charge on any atom is 0.220 e. The minimum Gasteiger partial charge on any atom is -0.331 e. The molecule has 0 unspecified atom stereocenters. The Morgan fingerprint density at radius 2 is 2.25 bits per heavy atom. The maximum atomic E-state index is 10.0. The zero-order valence-electron chi connectivity index (χ0n) is 4.51. The normalized spacial score (nSPS) is 9.25. The summed E-state index contributed by atoms with van der Waals surface area (Å²) in [5, 5.41) is 10.2. The van der Waals surface area contributed by atoms with Crippen LogP contribution in [0.4, 0.5) is 0 Å². The third kappa shape index (κ3) is 4.97. The van der Waals surface area contributed by atoms with Gasteiger partial charge < -0.3 is 5.32 Å². The molecule has 0 rings (SSSR count). The molecule has 8 heavy (non-hydrogen) atoms. The number of amides is 1. The average Bonchev–Trinajstić information content (AvgIpc) is 1.66. The fraction of sp³-hybridized carbons (Fsp3) is 0.250. The van der Waals surface area contributed by atoms with Gasteiger partial charge in [-0.15, -0.1) is 0 Å². The van der Waals surface area contributed by atoms with Gasteiger partial charge >= 0.3 is 0 Å². The van der Waals surface area contributed by atoms with Crippen LogP contribution in [0, 0.1) is 0 Å². The Hall–Kier alpha value is -1.03. The molecule has 0 aromatic carbocycles. The molecule has 46 valence electrons. The zero-order valence-corrected chi connectivity index (χ0v) is 4.51. The highest BCUT2D eigenvalue weighted by Gasteiger charge is 1.78. The molecule has 0 radical (unpaired) electrons. The molecular weight excluding hydrogens is 108 g/mol. The standard InChI is InChI=1S/C4H8N2O2/c1-4(7)5-2-3-6-8/h2-3,6,8H,1H3,(H,5,7)/b3-2-. The summed E-state index contributed by atoms with van der Waals surface area (Å²) in [5.41, 5.74) is 1.73. The van der Waals surface area contributed by atoms with Crippen molar-refractivity contribution in [2.45, 2.75) is 6.92 Å². The number of nitrogens with one attached hydrogen (secondary N) is 2. The van der Waals surface area contributed by atoms with E-state index in [-0.39, 0.29) is 5.91 Å². The van der Waals surface area contributed by atoms with E-state index in [9.17, 15) is 4.79 Å². The Morgan fingerprint density at radius 3 is 2.62 bits per heavy atom. The van der Waals surface area contributed by atoms with Crippen molar-refractivity contribution in [2.75, 3.05) is 0 Å². The second-order valence-corrected chi connectivity index (χ2v) is 1.16.